The van der Waals surface area contributed by atoms with Crippen molar-refractivity contribution in [3.63, 3.8) is 0 Å². The molecule has 1 heterocycles. The van der Waals surface area contributed by atoms with Gasteiger partial charge in [-0.3, -0.25) is 0 Å². The summed E-state index contributed by atoms with van der Waals surface area (Å²) >= 11 is 0. The maximum atomic E-state index is 5.88. The van der Waals surface area contributed by atoms with Gasteiger partial charge in [-0.05, 0) is 31.6 Å². The normalized spacial score (nSPS) is 27.2. The molecule has 2 fully saturated rings. The average molecular weight is 241 g/mol. The molecule has 2 rings (SSSR count). The first kappa shape index (κ1) is 13.3. The van der Waals surface area contributed by atoms with Crippen molar-refractivity contribution in [2.45, 2.75) is 51.0 Å². The van der Waals surface area contributed by atoms with E-state index < -0.39 is 0 Å². The van der Waals surface area contributed by atoms with Crippen molar-refractivity contribution in [3.05, 3.63) is 0 Å². The minimum absolute atomic E-state index is 0.545. The second-order valence-electron chi connectivity index (χ2n) is 5.42. The van der Waals surface area contributed by atoms with Crippen LogP contribution in [0.3, 0.4) is 0 Å². The zero-order valence-corrected chi connectivity index (χ0v) is 11.0. The largest absolute Gasteiger partial charge is 0.381 e. The van der Waals surface area contributed by atoms with E-state index in [0.29, 0.717) is 6.10 Å². The van der Waals surface area contributed by atoms with Crippen LogP contribution in [0.2, 0.25) is 0 Å². The van der Waals surface area contributed by atoms with Gasteiger partial charge in [0.15, 0.2) is 0 Å². The molecule has 1 unspecified atom stereocenters. The van der Waals surface area contributed by atoms with Crippen LogP contribution in [0.25, 0.3) is 0 Å². The van der Waals surface area contributed by atoms with Gasteiger partial charge in [0.1, 0.15) is 0 Å². The van der Waals surface area contributed by atoms with Crippen LogP contribution in [0.5, 0.6) is 0 Å². The van der Waals surface area contributed by atoms with Gasteiger partial charge in [-0.2, -0.15) is 0 Å². The first-order valence-corrected chi connectivity index (χ1v) is 7.35. The van der Waals surface area contributed by atoms with Gasteiger partial charge in [0.25, 0.3) is 0 Å². The zero-order chi connectivity index (χ0) is 11.8. The summed E-state index contributed by atoms with van der Waals surface area (Å²) < 4.78 is 11.3. The van der Waals surface area contributed by atoms with E-state index in [1.54, 1.807) is 0 Å². The third kappa shape index (κ3) is 5.36. The molecule has 1 atom stereocenters. The highest BCUT2D eigenvalue weighted by Gasteiger charge is 2.14. The Hall–Kier alpha value is -0.120. The van der Waals surface area contributed by atoms with E-state index in [4.69, 9.17) is 9.47 Å². The molecule has 0 aromatic heterocycles. The Labute approximate surface area is 105 Å². The summed E-state index contributed by atoms with van der Waals surface area (Å²) in [6, 6.07) is 0. The maximum absolute atomic E-state index is 5.88. The number of nitrogens with one attached hydrogen (secondary N) is 1. The van der Waals surface area contributed by atoms with Crippen molar-refractivity contribution >= 4 is 0 Å². The third-order valence-electron chi connectivity index (χ3n) is 3.87. The first-order valence-electron chi connectivity index (χ1n) is 7.35. The van der Waals surface area contributed by atoms with Gasteiger partial charge >= 0.3 is 0 Å². The highest BCUT2D eigenvalue weighted by Crippen LogP contribution is 2.19. The fourth-order valence-corrected chi connectivity index (χ4v) is 2.80. The number of ether oxygens (including phenoxy) is 2. The van der Waals surface area contributed by atoms with Gasteiger partial charge in [0.2, 0.25) is 0 Å². The Morgan fingerprint density at radius 2 is 1.94 bits per heavy atom. The third-order valence-corrected chi connectivity index (χ3v) is 3.87. The molecule has 1 aliphatic heterocycles. The monoisotopic (exact) mass is 241 g/mol. The predicted octanol–water partition coefficient (Wildman–Crippen LogP) is 2.35. The highest BCUT2D eigenvalue weighted by atomic mass is 16.5. The molecule has 0 amide bonds. The van der Waals surface area contributed by atoms with Crippen LogP contribution in [0.4, 0.5) is 0 Å². The Kier molecular flexibility index (Phi) is 6.32. The van der Waals surface area contributed by atoms with Crippen molar-refractivity contribution < 1.29 is 9.47 Å². The summed E-state index contributed by atoms with van der Waals surface area (Å²) in [6.07, 6.45) is 9.76. The van der Waals surface area contributed by atoms with E-state index in [-0.39, 0.29) is 0 Å². The fraction of sp³-hybridized carbons (Fsp3) is 1.00. The number of hydrogen-bond acceptors (Lipinski definition) is 3. The topological polar surface area (TPSA) is 30.5 Å². The lowest BCUT2D eigenvalue weighted by Crippen LogP contribution is -2.32. The summed E-state index contributed by atoms with van der Waals surface area (Å²) in [4.78, 5) is 0. The van der Waals surface area contributed by atoms with E-state index in [0.717, 1.165) is 38.8 Å². The van der Waals surface area contributed by atoms with E-state index in [2.05, 4.69) is 5.32 Å². The number of rotatable bonds is 6. The zero-order valence-electron chi connectivity index (χ0n) is 11.0. The molecule has 2 aliphatic rings. The van der Waals surface area contributed by atoms with Crippen molar-refractivity contribution in [2.75, 3.05) is 32.9 Å². The SMILES string of the molecule is C1CCC(OCCNCC2CCCOC2)CC1. The molecule has 0 radical (unpaired) electrons. The quantitative estimate of drug-likeness (QED) is 0.724. The molecule has 3 heteroatoms. The van der Waals surface area contributed by atoms with Crippen LogP contribution in [-0.2, 0) is 9.47 Å². The molecular weight excluding hydrogens is 214 g/mol. The van der Waals surface area contributed by atoms with Crippen LogP contribution in [-0.4, -0.2) is 39.0 Å². The number of hydrogen-bond donors (Lipinski definition) is 1. The van der Waals surface area contributed by atoms with Gasteiger partial charge in [-0.1, -0.05) is 19.3 Å². The van der Waals surface area contributed by atoms with Gasteiger partial charge in [0, 0.05) is 19.7 Å². The van der Waals surface area contributed by atoms with Crippen molar-refractivity contribution in [1.82, 2.24) is 5.32 Å². The van der Waals surface area contributed by atoms with Gasteiger partial charge in [0.05, 0.1) is 19.3 Å². The molecule has 17 heavy (non-hydrogen) atoms. The standard InChI is InChI=1S/C14H27NO2/c1-2-6-14(7-3-1)17-10-8-15-11-13-5-4-9-16-12-13/h13-15H,1-12H2. The molecule has 0 spiro atoms. The highest BCUT2D eigenvalue weighted by molar-refractivity contribution is 4.67. The van der Waals surface area contributed by atoms with Crippen LogP contribution < -0.4 is 5.32 Å². The predicted molar refractivity (Wildman–Crippen MR) is 69.2 cm³/mol. The van der Waals surface area contributed by atoms with Crippen LogP contribution in [0.1, 0.15) is 44.9 Å². The average Bonchev–Trinajstić information content (AvgIpc) is 2.41. The van der Waals surface area contributed by atoms with Crippen LogP contribution in [0, 0.1) is 5.92 Å². The second kappa shape index (κ2) is 8.06. The van der Waals surface area contributed by atoms with E-state index in [9.17, 15) is 0 Å². The van der Waals surface area contributed by atoms with Crippen LogP contribution >= 0.6 is 0 Å². The van der Waals surface area contributed by atoms with E-state index in [1.165, 1.54) is 44.9 Å². The molecule has 0 bridgehead atoms. The van der Waals surface area contributed by atoms with Crippen LogP contribution in [0.15, 0.2) is 0 Å². The minimum atomic E-state index is 0.545. The Morgan fingerprint density at radius 3 is 2.71 bits per heavy atom. The van der Waals surface area contributed by atoms with E-state index >= 15 is 0 Å². The lowest BCUT2D eigenvalue weighted by Gasteiger charge is -2.24. The lowest BCUT2D eigenvalue weighted by atomic mass is 9.98. The second-order valence-corrected chi connectivity index (χ2v) is 5.42. The lowest BCUT2D eigenvalue weighted by molar-refractivity contribution is 0.0271. The molecular formula is C14H27NO2. The van der Waals surface area contributed by atoms with Gasteiger partial charge < -0.3 is 14.8 Å². The molecule has 1 N–H and O–H groups in total. The summed E-state index contributed by atoms with van der Waals surface area (Å²) in [5, 5.41) is 3.49. The summed E-state index contributed by atoms with van der Waals surface area (Å²) in [5.41, 5.74) is 0. The molecule has 100 valence electrons. The van der Waals surface area contributed by atoms with Gasteiger partial charge in [-0.25, -0.2) is 0 Å². The summed E-state index contributed by atoms with van der Waals surface area (Å²) in [7, 11) is 0. The molecule has 3 nitrogen and oxygen atoms in total. The Bertz CT molecular complexity index is 167. The van der Waals surface area contributed by atoms with E-state index in [1.807, 2.05) is 0 Å². The molecule has 0 aromatic carbocycles. The Balaban J connectivity index is 1.42. The molecule has 1 saturated carbocycles. The Morgan fingerprint density at radius 1 is 1.06 bits per heavy atom. The van der Waals surface area contributed by atoms with Crippen molar-refractivity contribution in [2.24, 2.45) is 5.92 Å². The minimum Gasteiger partial charge on any atom is -0.381 e. The smallest absolute Gasteiger partial charge is 0.0594 e. The first-order chi connectivity index (χ1) is 8.45. The fourth-order valence-electron chi connectivity index (χ4n) is 2.80. The van der Waals surface area contributed by atoms with Crippen molar-refractivity contribution in [3.8, 4) is 0 Å². The molecule has 0 aromatic rings. The molecule has 1 aliphatic carbocycles. The van der Waals surface area contributed by atoms with Gasteiger partial charge in [-0.15, -0.1) is 0 Å². The maximum Gasteiger partial charge on any atom is 0.0594 e. The summed E-state index contributed by atoms with van der Waals surface area (Å²) in [5.74, 6) is 0.721. The summed E-state index contributed by atoms with van der Waals surface area (Å²) in [6.45, 7) is 4.86. The van der Waals surface area contributed by atoms with Crippen molar-refractivity contribution in [1.29, 1.82) is 0 Å². The molecule has 1 saturated heterocycles.